The van der Waals surface area contributed by atoms with Crippen LogP contribution in [-0.2, 0) is 6.42 Å². The van der Waals surface area contributed by atoms with Gasteiger partial charge >= 0.3 is 5.69 Å². The van der Waals surface area contributed by atoms with E-state index < -0.39 is 0 Å². The SMILES string of the molecule is CCCC(Cc1ccc2n[nH]c(=O)n2n1)NC. The Kier molecular flexibility index (Phi) is 3.53. The lowest BCUT2D eigenvalue weighted by Gasteiger charge is -2.14. The highest BCUT2D eigenvalue weighted by Crippen LogP contribution is 2.05. The molecule has 0 saturated heterocycles. The summed E-state index contributed by atoms with van der Waals surface area (Å²) >= 11 is 0. The summed E-state index contributed by atoms with van der Waals surface area (Å²) in [5, 5.41) is 13.8. The van der Waals surface area contributed by atoms with Gasteiger partial charge in [0.1, 0.15) is 0 Å². The summed E-state index contributed by atoms with van der Waals surface area (Å²) in [4.78, 5) is 11.4. The van der Waals surface area contributed by atoms with Crippen molar-refractivity contribution in [3.8, 4) is 0 Å². The molecule has 92 valence electrons. The number of H-pyrrole nitrogens is 1. The van der Waals surface area contributed by atoms with Gasteiger partial charge in [0, 0.05) is 12.5 Å². The molecule has 0 spiro atoms. The molecule has 0 aliphatic rings. The van der Waals surface area contributed by atoms with E-state index in [-0.39, 0.29) is 5.69 Å². The van der Waals surface area contributed by atoms with Gasteiger partial charge < -0.3 is 5.32 Å². The first-order chi connectivity index (χ1) is 8.24. The molecule has 0 saturated carbocycles. The number of fused-ring (bicyclic) bond motifs is 1. The number of aromatic nitrogens is 4. The normalized spacial score (nSPS) is 13.1. The molecule has 1 atom stereocenters. The van der Waals surface area contributed by atoms with E-state index in [1.165, 1.54) is 4.52 Å². The van der Waals surface area contributed by atoms with Crippen LogP contribution in [0.3, 0.4) is 0 Å². The minimum absolute atomic E-state index is 0.293. The van der Waals surface area contributed by atoms with E-state index >= 15 is 0 Å². The van der Waals surface area contributed by atoms with Crippen molar-refractivity contribution in [2.24, 2.45) is 0 Å². The Hall–Kier alpha value is -1.69. The smallest absolute Gasteiger partial charge is 0.317 e. The van der Waals surface area contributed by atoms with Gasteiger partial charge in [-0.15, -0.1) is 0 Å². The van der Waals surface area contributed by atoms with Gasteiger partial charge in [-0.1, -0.05) is 13.3 Å². The lowest BCUT2D eigenvalue weighted by atomic mass is 10.1. The average Bonchev–Trinajstić information content (AvgIpc) is 2.70. The molecule has 17 heavy (non-hydrogen) atoms. The maximum Gasteiger partial charge on any atom is 0.364 e. The topological polar surface area (TPSA) is 75.1 Å². The first-order valence-electron chi connectivity index (χ1n) is 5.85. The van der Waals surface area contributed by atoms with Crippen molar-refractivity contribution in [1.82, 2.24) is 25.1 Å². The maximum absolute atomic E-state index is 11.4. The fraction of sp³-hybridized carbons (Fsp3) is 0.545. The van der Waals surface area contributed by atoms with E-state index in [9.17, 15) is 4.79 Å². The first kappa shape index (κ1) is 11.8. The summed E-state index contributed by atoms with van der Waals surface area (Å²) < 4.78 is 1.30. The third-order valence-electron chi connectivity index (χ3n) is 2.83. The Morgan fingerprint density at radius 2 is 2.35 bits per heavy atom. The monoisotopic (exact) mass is 235 g/mol. The number of likely N-dealkylation sites (N-methyl/N-ethyl adjacent to an activating group) is 1. The van der Waals surface area contributed by atoms with Gasteiger partial charge in [0.2, 0.25) is 0 Å². The van der Waals surface area contributed by atoms with Gasteiger partial charge in [-0.3, -0.25) is 0 Å². The lowest BCUT2D eigenvalue weighted by Crippen LogP contribution is -2.28. The predicted octanol–water partition coefficient (Wildman–Crippen LogP) is 0.348. The zero-order valence-electron chi connectivity index (χ0n) is 10.1. The highest BCUT2D eigenvalue weighted by atomic mass is 16.2. The number of aromatic amines is 1. The molecule has 0 amide bonds. The molecule has 0 aromatic carbocycles. The molecule has 0 radical (unpaired) electrons. The predicted molar refractivity (Wildman–Crippen MR) is 65.1 cm³/mol. The van der Waals surface area contributed by atoms with Gasteiger partial charge in [-0.25, -0.2) is 9.89 Å². The highest BCUT2D eigenvalue weighted by Gasteiger charge is 2.09. The molecule has 1 unspecified atom stereocenters. The van der Waals surface area contributed by atoms with Crippen LogP contribution in [0.2, 0.25) is 0 Å². The van der Waals surface area contributed by atoms with Crippen molar-refractivity contribution < 1.29 is 0 Å². The number of rotatable bonds is 5. The summed E-state index contributed by atoms with van der Waals surface area (Å²) in [5.41, 5.74) is 1.15. The Labute approximate surface area is 99.0 Å². The maximum atomic E-state index is 11.4. The molecule has 2 aromatic heterocycles. The molecule has 2 rings (SSSR count). The van der Waals surface area contributed by atoms with Crippen molar-refractivity contribution in [2.45, 2.75) is 32.2 Å². The minimum Gasteiger partial charge on any atom is -0.317 e. The second-order valence-corrected chi connectivity index (χ2v) is 4.10. The quantitative estimate of drug-likeness (QED) is 0.784. The zero-order chi connectivity index (χ0) is 12.3. The van der Waals surface area contributed by atoms with Gasteiger partial charge in [0.05, 0.1) is 5.69 Å². The van der Waals surface area contributed by atoms with Crippen LogP contribution in [0, 0.1) is 0 Å². The number of hydrogen-bond acceptors (Lipinski definition) is 4. The number of hydrogen-bond donors (Lipinski definition) is 2. The van der Waals surface area contributed by atoms with E-state index in [1.54, 1.807) is 6.07 Å². The van der Waals surface area contributed by atoms with E-state index in [2.05, 4.69) is 27.5 Å². The third kappa shape index (κ3) is 2.52. The van der Waals surface area contributed by atoms with Crippen LogP contribution in [-0.4, -0.2) is 32.9 Å². The summed E-state index contributed by atoms with van der Waals surface area (Å²) in [6.45, 7) is 2.15. The molecular formula is C11H17N5O. The van der Waals surface area contributed by atoms with E-state index in [1.807, 2.05) is 13.1 Å². The van der Waals surface area contributed by atoms with Crippen molar-refractivity contribution >= 4 is 5.65 Å². The van der Waals surface area contributed by atoms with Crippen LogP contribution >= 0.6 is 0 Å². The minimum atomic E-state index is -0.293. The third-order valence-corrected chi connectivity index (χ3v) is 2.83. The Balaban J connectivity index is 2.23. The molecular weight excluding hydrogens is 218 g/mol. The molecule has 6 nitrogen and oxygen atoms in total. The van der Waals surface area contributed by atoms with Crippen LogP contribution in [0.4, 0.5) is 0 Å². The van der Waals surface area contributed by atoms with Crippen LogP contribution < -0.4 is 11.0 Å². The fourth-order valence-corrected chi connectivity index (χ4v) is 1.90. The largest absolute Gasteiger partial charge is 0.364 e. The standard InChI is InChI=1S/C11H17N5O/c1-3-4-8(12-2)7-9-5-6-10-13-14-11(17)16(10)15-9/h5-6,8,12H,3-4,7H2,1-2H3,(H,14,17). The van der Waals surface area contributed by atoms with E-state index in [0.717, 1.165) is 25.0 Å². The van der Waals surface area contributed by atoms with Gasteiger partial charge in [-0.05, 0) is 25.6 Å². The Morgan fingerprint density at radius 3 is 3.06 bits per heavy atom. The molecule has 0 aliphatic carbocycles. The molecule has 0 aliphatic heterocycles. The molecule has 0 bridgehead atoms. The lowest BCUT2D eigenvalue weighted by molar-refractivity contribution is 0.505. The van der Waals surface area contributed by atoms with Gasteiger partial charge in [0.15, 0.2) is 5.65 Å². The van der Waals surface area contributed by atoms with Crippen LogP contribution in [0.5, 0.6) is 0 Å². The summed E-state index contributed by atoms with van der Waals surface area (Å²) in [5.74, 6) is 0. The number of nitrogens with zero attached hydrogens (tertiary/aromatic N) is 3. The second-order valence-electron chi connectivity index (χ2n) is 4.10. The zero-order valence-corrected chi connectivity index (χ0v) is 10.1. The Morgan fingerprint density at radius 1 is 1.53 bits per heavy atom. The first-order valence-corrected chi connectivity index (χ1v) is 5.85. The molecule has 2 N–H and O–H groups in total. The fourth-order valence-electron chi connectivity index (χ4n) is 1.90. The molecule has 2 heterocycles. The van der Waals surface area contributed by atoms with Gasteiger partial charge in [0.25, 0.3) is 0 Å². The van der Waals surface area contributed by atoms with Crippen LogP contribution in [0.1, 0.15) is 25.5 Å². The second kappa shape index (κ2) is 5.09. The molecule has 0 fully saturated rings. The van der Waals surface area contributed by atoms with Crippen LogP contribution in [0.25, 0.3) is 5.65 Å². The average molecular weight is 235 g/mol. The Bertz CT molecular complexity index is 544. The van der Waals surface area contributed by atoms with Gasteiger partial charge in [-0.2, -0.15) is 14.7 Å². The van der Waals surface area contributed by atoms with E-state index in [4.69, 9.17) is 0 Å². The van der Waals surface area contributed by atoms with E-state index in [0.29, 0.717) is 11.7 Å². The summed E-state index contributed by atoms with van der Waals surface area (Å²) in [6.07, 6.45) is 3.04. The van der Waals surface area contributed by atoms with Crippen molar-refractivity contribution in [2.75, 3.05) is 7.05 Å². The molecule has 6 heteroatoms. The number of nitrogens with one attached hydrogen (secondary N) is 2. The van der Waals surface area contributed by atoms with Crippen molar-refractivity contribution in [1.29, 1.82) is 0 Å². The summed E-state index contributed by atoms with van der Waals surface area (Å²) in [6, 6.07) is 4.11. The van der Waals surface area contributed by atoms with Crippen molar-refractivity contribution in [3.05, 3.63) is 28.3 Å². The molecule has 2 aromatic rings. The summed E-state index contributed by atoms with van der Waals surface area (Å²) in [7, 11) is 1.95. The van der Waals surface area contributed by atoms with Crippen molar-refractivity contribution in [3.63, 3.8) is 0 Å². The van der Waals surface area contributed by atoms with Crippen LogP contribution in [0.15, 0.2) is 16.9 Å². The highest BCUT2D eigenvalue weighted by molar-refractivity contribution is 5.34.